The van der Waals surface area contributed by atoms with Crippen molar-refractivity contribution in [3.63, 3.8) is 0 Å². The molecule has 0 saturated carbocycles. The van der Waals surface area contributed by atoms with E-state index in [-0.39, 0.29) is 41.8 Å². The monoisotopic (exact) mass is 448 g/mol. The number of rotatable bonds is 11. The van der Waals surface area contributed by atoms with Crippen molar-refractivity contribution in [1.82, 2.24) is 10.2 Å². The predicted molar refractivity (Wildman–Crippen MR) is 121 cm³/mol. The first-order valence-electron chi connectivity index (χ1n) is 10.5. The van der Waals surface area contributed by atoms with Crippen LogP contribution in [0, 0.1) is 11.6 Å². The van der Waals surface area contributed by atoms with E-state index < -0.39 is 6.04 Å². The summed E-state index contributed by atoms with van der Waals surface area (Å²) >= 11 is 1.31. The number of nitrogens with zero attached hydrogens (tertiary/aromatic N) is 1. The summed E-state index contributed by atoms with van der Waals surface area (Å²) in [6, 6.07) is 11.7. The second-order valence-corrected chi connectivity index (χ2v) is 8.46. The lowest BCUT2D eigenvalue weighted by Gasteiger charge is -2.31. The highest BCUT2D eigenvalue weighted by Crippen LogP contribution is 2.19. The van der Waals surface area contributed by atoms with Gasteiger partial charge in [-0.2, -0.15) is 0 Å². The van der Waals surface area contributed by atoms with Crippen LogP contribution in [-0.4, -0.2) is 34.6 Å². The maximum atomic E-state index is 13.8. The summed E-state index contributed by atoms with van der Waals surface area (Å²) in [7, 11) is 0. The highest BCUT2D eigenvalue weighted by Gasteiger charge is 2.29. The van der Waals surface area contributed by atoms with Gasteiger partial charge in [-0.15, -0.1) is 11.8 Å². The summed E-state index contributed by atoms with van der Waals surface area (Å²) in [5.74, 6) is -0.599. The Balaban J connectivity index is 2.14. The van der Waals surface area contributed by atoms with Crippen LogP contribution in [0.25, 0.3) is 0 Å². The Morgan fingerprint density at radius 3 is 2.32 bits per heavy atom. The maximum absolute atomic E-state index is 13.8. The zero-order valence-electron chi connectivity index (χ0n) is 18.2. The van der Waals surface area contributed by atoms with E-state index in [0.717, 1.165) is 12.0 Å². The molecule has 0 spiro atoms. The van der Waals surface area contributed by atoms with Crippen molar-refractivity contribution in [2.75, 3.05) is 5.75 Å². The summed E-state index contributed by atoms with van der Waals surface area (Å²) in [6.45, 7) is 5.96. The van der Waals surface area contributed by atoms with Crippen LogP contribution < -0.4 is 5.32 Å². The molecule has 2 atom stereocenters. The van der Waals surface area contributed by atoms with Gasteiger partial charge in [-0.1, -0.05) is 44.2 Å². The Morgan fingerprint density at radius 1 is 1.03 bits per heavy atom. The summed E-state index contributed by atoms with van der Waals surface area (Å²) in [6.07, 6.45) is 1.24. The lowest BCUT2D eigenvalue weighted by molar-refractivity contribution is -0.139. The number of carbonyl (C=O) groups excluding carboxylic acids is 2. The van der Waals surface area contributed by atoms with Crippen molar-refractivity contribution < 1.29 is 18.4 Å². The van der Waals surface area contributed by atoms with Crippen molar-refractivity contribution >= 4 is 23.6 Å². The van der Waals surface area contributed by atoms with Crippen molar-refractivity contribution in [3.8, 4) is 0 Å². The molecular formula is C24H30F2N2O2S. The summed E-state index contributed by atoms with van der Waals surface area (Å²) in [5.41, 5.74) is 1.27. The second kappa shape index (κ2) is 12.4. The molecule has 2 aromatic rings. The molecule has 0 heterocycles. The number of carbonyl (C=O) groups is 2. The van der Waals surface area contributed by atoms with Gasteiger partial charge in [-0.3, -0.25) is 9.59 Å². The molecule has 31 heavy (non-hydrogen) atoms. The van der Waals surface area contributed by atoms with Gasteiger partial charge in [0.15, 0.2) is 0 Å². The Hall–Kier alpha value is -2.41. The van der Waals surface area contributed by atoms with E-state index >= 15 is 0 Å². The highest BCUT2D eigenvalue weighted by atomic mass is 32.2. The van der Waals surface area contributed by atoms with E-state index in [4.69, 9.17) is 0 Å². The van der Waals surface area contributed by atoms with Crippen LogP contribution in [0.4, 0.5) is 8.78 Å². The molecular weight excluding hydrogens is 418 g/mol. The molecule has 168 valence electrons. The number of hydrogen-bond acceptors (Lipinski definition) is 3. The quantitative estimate of drug-likeness (QED) is 0.531. The summed E-state index contributed by atoms with van der Waals surface area (Å²) in [4.78, 5) is 27.5. The van der Waals surface area contributed by atoms with Crippen molar-refractivity contribution in [3.05, 3.63) is 71.3 Å². The predicted octanol–water partition coefficient (Wildman–Crippen LogP) is 4.92. The van der Waals surface area contributed by atoms with Crippen LogP contribution in [0.15, 0.2) is 48.5 Å². The van der Waals surface area contributed by atoms with Crippen LogP contribution in [0.5, 0.6) is 0 Å². The van der Waals surface area contributed by atoms with Gasteiger partial charge >= 0.3 is 0 Å². The third kappa shape index (κ3) is 7.65. The Bertz CT molecular complexity index is 861. The molecule has 7 heteroatoms. The van der Waals surface area contributed by atoms with Gasteiger partial charge in [-0.05, 0) is 49.1 Å². The normalized spacial score (nSPS) is 12.8. The molecule has 0 bridgehead atoms. The molecule has 0 saturated heterocycles. The zero-order valence-corrected chi connectivity index (χ0v) is 19.1. The van der Waals surface area contributed by atoms with Crippen LogP contribution in [-0.2, 0) is 21.9 Å². The first-order valence-corrected chi connectivity index (χ1v) is 11.7. The third-order valence-corrected chi connectivity index (χ3v) is 6.06. The minimum Gasteiger partial charge on any atom is -0.352 e. The molecule has 0 aliphatic heterocycles. The van der Waals surface area contributed by atoms with Gasteiger partial charge in [0.2, 0.25) is 11.8 Å². The van der Waals surface area contributed by atoms with E-state index in [1.807, 2.05) is 20.8 Å². The molecule has 4 nitrogen and oxygen atoms in total. The summed E-state index contributed by atoms with van der Waals surface area (Å²) < 4.78 is 27.1. The molecule has 0 unspecified atom stereocenters. The van der Waals surface area contributed by atoms with E-state index in [0.29, 0.717) is 17.7 Å². The topological polar surface area (TPSA) is 49.4 Å². The van der Waals surface area contributed by atoms with Crippen LogP contribution in [0.2, 0.25) is 0 Å². The van der Waals surface area contributed by atoms with E-state index in [1.165, 1.54) is 30.0 Å². The van der Waals surface area contributed by atoms with Gasteiger partial charge in [0.05, 0.1) is 5.75 Å². The molecule has 0 aliphatic carbocycles. The minimum absolute atomic E-state index is 0.000228. The standard InChI is InChI=1S/C24H30F2N2O2S/c1-4-17(3)27-24(30)22(5-2)28(14-18-10-12-20(25)13-11-18)23(29)16-31-15-19-8-6-7-9-21(19)26/h6-13,17,22H,4-5,14-16H2,1-3H3,(H,27,30)/t17-,22+/m0/s1. The molecule has 0 aromatic heterocycles. The maximum Gasteiger partial charge on any atom is 0.243 e. The number of benzene rings is 2. The fourth-order valence-electron chi connectivity index (χ4n) is 3.09. The summed E-state index contributed by atoms with van der Waals surface area (Å²) in [5, 5.41) is 2.95. The lowest BCUT2D eigenvalue weighted by Crippen LogP contribution is -2.51. The van der Waals surface area contributed by atoms with Crippen molar-refractivity contribution in [2.24, 2.45) is 0 Å². The Labute approximate surface area is 187 Å². The molecule has 1 N–H and O–H groups in total. The van der Waals surface area contributed by atoms with Gasteiger partial charge in [-0.25, -0.2) is 8.78 Å². The second-order valence-electron chi connectivity index (χ2n) is 7.47. The van der Waals surface area contributed by atoms with E-state index in [1.54, 1.807) is 35.2 Å². The fraction of sp³-hybridized carbons (Fsp3) is 0.417. The van der Waals surface area contributed by atoms with Crippen molar-refractivity contribution in [1.29, 1.82) is 0 Å². The van der Waals surface area contributed by atoms with Crippen LogP contribution in [0.3, 0.4) is 0 Å². The van der Waals surface area contributed by atoms with E-state index in [9.17, 15) is 18.4 Å². The Kier molecular flexibility index (Phi) is 9.98. The largest absolute Gasteiger partial charge is 0.352 e. The molecule has 2 aromatic carbocycles. The lowest BCUT2D eigenvalue weighted by atomic mass is 10.1. The number of hydrogen-bond donors (Lipinski definition) is 1. The SMILES string of the molecule is CC[C@H](C(=O)N[C@@H](C)CC)N(Cc1ccc(F)cc1)C(=O)CSCc1ccccc1F. The molecule has 2 amide bonds. The first kappa shape index (κ1) is 24.9. The minimum atomic E-state index is -0.638. The average Bonchev–Trinajstić information content (AvgIpc) is 2.76. The number of thioether (sulfide) groups is 1. The number of amides is 2. The zero-order chi connectivity index (χ0) is 22.8. The molecule has 2 rings (SSSR count). The smallest absolute Gasteiger partial charge is 0.243 e. The molecule has 0 radical (unpaired) electrons. The van der Waals surface area contributed by atoms with Crippen LogP contribution in [0.1, 0.15) is 44.7 Å². The number of halogens is 2. The van der Waals surface area contributed by atoms with Crippen LogP contribution >= 0.6 is 11.8 Å². The average molecular weight is 449 g/mol. The van der Waals surface area contributed by atoms with Gasteiger partial charge in [0.1, 0.15) is 17.7 Å². The highest BCUT2D eigenvalue weighted by molar-refractivity contribution is 7.99. The molecule has 0 fully saturated rings. The van der Waals surface area contributed by atoms with Gasteiger partial charge in [0.25, 0.3) is 0 Å². The molecule has 0 aliphatic rings. The van der Waals surface area contributed by atoms with Crippen molar-refractivity contribution in [2.45, 2.75) is 58.0 Å². The van der Waals surface area contributed by atoms with Gasteiger partial charge < -0.3 is 10.2 Å². The fourth-order valence-corrected chi connectivity index (χ4v) is 3.99. The number of nitrogens with one attached hydrogen (secondary N) is 1. The van der Waals surface area contributed by atoms with Gasteiger partial charge in [0, 0.05) is 18.3 Å². The third-order valence-electron chi connectivity index (χ3n) is 5.09. The Morgan fingerprint density at radius 2 is 1.71 bits per heavy atom. The van der Waals surface area contributed by atoms with E-state index in [2.05, 4.69) is 5.32 Å². The first-order chi connectivity index (χ1) is 14.8.